The van der Waals surface area contributed by atoms with E-state index in [4.69, 9.17) is 4.74 Å². The molecular weight excluding hydrogens is 226 g/mol. The van der Waals surface area contributed by atoms with Crippen LogP contribution >= 0.6 is 0 Å². The monoisotopic (exact) mass is 247 g/mol. The Labute approximate surface area is 109 Å². The second-order valence-electron chi connectivity index (χ2n) is 4.41. The summed E-state index contributed by atoms with van der Waals surface area (Å²) in [5.41, 5.74) is 2.22. The summed E-state index contributed by atoms with van der Waals surface area (Å²) in [7, 11) is 0. The molecule has 0 amide bonds. The molecule has 1 aromatic carbocycles. The number of hydrogen-bond acceptors (Lipinski definition) is 3. The number of esters is 1. The fraction of sp³-hybridized carbons (Fsp3) is 0.400. The molecule has 0 saturated heterocycles. The highest BCUT2D eigenvalue weighted by molar-refractivity contribution is 5.82. The van der Waals surface area contributed by atoms with Gasteiger partial charge in [-0.05, 0) is 32.4 Å². The highest BCUT2D eigenvalue weighted by Gasteiger charge is 1.97. The number of benzene rings is 1. The number of rotatable bonds is 7. The molecule has 1 N–H and O–H groups in total. The van der Waals surface area contributed by atoms with E-state index in [1.807, 2.05) is 32.0 Å². The molecule has 1 aromatic rings. The van der Waals surface area contributed by atoms with Crippen LogP contribution in [0, 0.1) is 0 Å². The lowest BCUT2D eigenvalue weighted by Crippen LogP contribution is -2.17. The van der Waals surface area contributed by atoms with Gasteiger partial charge in [0.25, 0.3) is 0 Å². The molecule has 98 valence electrons. The minimum absolute atomic E-state index is 0.252. The Bertz CT molecular complexity index is 381. The lowest BCUT2D eigenvalue weighted by molar-refractivity contribution is -0.137. The Morgan fingerprint density at radius 2 is 2.00 bits per heavy atom. The molecule has 1 rings (SSSR count). The number of carbonyl (C=O) groups excluding carboxylic acids is 1. The van der Waals surface area contributed by atoms with Gasteiger partial charge in [0.1, 0.15) is 0 Å². The van der Waals surface area contributed by atoms with Gasteiger partial charge in [0.2, 0.25) is 0 Å². The molecule has 18 heavy (non-hydrogen) atoms. The Kier molecular flexibility index (Phi) is 6.81. The fourth-order valence-corrected chi connectivity index (χ4v) is 1.48. The molecule has 0 aromatic heterocycles. The van der Waals surface area contributed by atoms with Crippen LogP contribution in [0.5, 0.6) is 0 Å². The fourth-order valence-electron chi connectivity index (χ4n) is 1.48. The number of carbonyl (C=O) groups is 1. The second-order valence-corrected chi connectivity index (χ2v) is 4.41. The van der Waals surface area contributed by atoms with Crippen molar-refractivity contribution in [3.63, 3.8) is 0 Å². The third-order valence-corrected chi connectivity index (χ3v) is 2.32. The highest BCUT2D eigenvalue weighted by Crippen LogP contribution is 1.97. The van der Waals surface area contributed by atoms with Gasteiger partial charge in [-0.15, -0.1) is 0 Å². The van der Waals surface area contributed by atoms with E-state index < -0.39 is 0 Å². The molecule has 3 heteroatoms. The maximum atomic E-state index is 11.2. The third kappa shape index (κ3) is 6.86. The van der Waals surface area contributed by atoms with Gasteiger partial charge < -0.3 is 10.1 Å². The molecule has 0 heterocycles. The number of nitrogens with one attached hydrogen (secondary N) is 1. The summed E-state index contributed by atoms with van der Waals surface area (Å²) < 4.78 is 5.05. The van der Waals surface area contributed by atoms with Gasteiger partial charge in [-0.3, -0.25) is 0 Å². The molecule has 0 aliphatic heterocycles. The van der Waals surface area contributed by atoms with Gasteiger partial charge in [-0.1, -0.05) is 35.9 Å². The summed E-state index contributed by atoms with van der Waals surface area (Å²) in [6.45, 7) is 5.91. The molecule has 3 nitrogen and oxygen atoms in total. The summed E-state index contributed by atoms with van der Waals surface area (Å²) in [6, 6.07) is 10.2. The smallest absolute Gasteiger partial charge is 0.330 e. The van der Waals surface area contributed by atoms with Gasteiger partial charge in [-0.25, -0.2) is 4.79 Å². The maximum absolute atomic E-state index is 11.2. The average molecular weight is 247 g/mol. The first kappa shape index (κ1) is 14.5. The predicted molar refractivity (Wildman–Crippen MR) is 73.2 cm³/mol. The molecule has 0 aliphatic carbocycles. The van der Waals surface area contributed by atoms with Crippen LogP contribution in [-0.2, 0) is 16.1 Å². The molecule has 0 spiro atoms. The van der Waals surface area contributed by atoms with Crippen molar-refractivity contribution >= 4 is 5.97 Å². The molecule has 0 bridgehead atoms. The summed E-state index contributed by atoms with van der Waals surface area (Å²) in [5.74, 6) is -0.252. The Morgan fingerprint density at radius 3 is 2.67 bits per heavy atom. The molecule has 0 atom stereocenters. The molecule has 0 saturated carbocycles. The average Bonchev–Trinajstić information content (AvgIpc) is 2.34. The zero-order valence-electron chi connectivity index (χ0n) is 11.1. The van der Waals surface area contributed by atoms with Crippen molar-refractivity contribution in [2.45, 2.75) is 26.8 Å². The van der Waals surface area contributed by atoms with Crippen LogP contribution in [0.3, 0.4) is 0 Å². The second kappa shape index (κ2) is 8.48. The first-order valence-corrected chi connectivity index (χ1v) is 6.25. The molecule has 0 fully saturated rings. The summed E-state index contributed by atoms with van der Waals surface area (Å²) in [6.07, 6.45) is 2.34. The van der Waals surface area contributed by atoms with Gasteiger partial charge in [0, 0.05) is 12.6 Å². The van der Waals surface area contributed by atoms with E-state index >= 15 is 0 Å². The lowest BCUT2D eigenvalue weighted by atomic mass is 10.2. The summed E-state index contributed by atoms with van der Waals surface area (Å²) >= 11 is 0. The van der Waals surface area contributed by atoms with Crippen molar-refractivity contribution < 1.29 is 9.53 Å². The lowest BCUT2D eigenvalue weighted by Gasteiger charge is -2.05. The predicted octanol–water partition coefficient (Wildman–Crippen LogP) is 2.68. The van der Waals surface area contributed by atoms with Gasteiger partial charge >= 0.3 is 5.97 Å². The zero-order chi connectivity index (χ0) is 13.2. The van der Waals surface area contributed by atoms with E-state index in [9.17, 15) is 4.79 Å². The van der Waals surface area contributed by atoms with Crippen LogP contribution < -0.4 is 5.32 Å². The molecule has 0 radical (unpaired) electrons. The van der Waals surface area contributed by atoms with Crippen molar-refractivity contribution in [2.75, 3.05) is 13.2 Å². The quantitative estimate of drug-likeness (QED) is 0.457. The SMILES string of the molecule is CC(C)=CC(=O)OCCCNCc1ccccc1. The van der Waals surface area contributed by atoms with Gasteiger partial charge in [0.05, 0.1) is 6.61 Å². The van der Waals surface area contributed by atoms with E-state index in [2.05, 4.69) is 17.4 Å². The number of ether oxygens (including phenoxy) is 1. The van der Waals surface area contributed by atoms with E-state index in [0.717, 1.165) is 25.1 Å². The normalized spacial score (nSPS) is 9.89. The first-order valence-electron chi connectivity index (χ1n) is 6.25. The van der Waals surface area contributed by atoms with Crippen molar-refractivity contribution in [3.05, 3.63) is 47.5 Å². The van der Waals surface area contributed by atoms with Crippen LogP contribution in [0.2, 0.25) is 0 Å². The maximum Gasteiger partial charge on any atom is 0.330 e. The van der Waals surface area contributed by atoms with Crippen LogP contribution in [0.25, 0.3) is 0 Å². The van der Waals surface area contributed by atoms with Crippen molar-refractivity contribution in [3.8, 4) is 0 Å². The molecule has 0 unspecified atom stereocenters. The third-order valence-electron chi connectivity index (χ3n) is 2.32. The topological polar surface area (TPSA) is 38.3 Å². The first-order chi connectivity index (χ1) is 8.68. The van der Waals surface area contributed by atoms with E-state index in [-0.39, 0.29) is 5.97 Å². The minimum Gasteiger partial charge on any atom is -0.462 e. The number of allylic oxidation sites excluding steroid dienone is 1. The highest BCUT2D eigenvalue weighted by atomic mass is 16.5. The van der Waals surface area contributed by atoms with E-state index in [1.165, 1.54) is 11.6 Å². The molecule has 0 aliphatic rings. The van der Waals surface area contributed by atoms with Crippen LogP contribution in [0.15, 0.2) is 42.0 Å². The Morgan fingerprint density at radius 1 is 1.28 bits per heavy atom. The summed E-state index contributed by atoms with van der Waals surface area (Å²) in [5, 5.41) is 3.31. The van der Waals surface area contributed by atoms with Crippen LogP contribution in [0.1, 0.15) is 25.8 Å². The van der Waals surface area contributed by atoms with Crippen LogP contribution in [-0.4, -0.2) is 19.1 Å². The van der Waals surface area contributed by atoms with E-state index in [1.54, 1.807) is 0 Å². The van der Waals surface area contributed by atoms with Crippen molar-refractivity contribution in [1.82, 2.24) is 5.32 Å². The Balaban J connectivity index is 2.03. The van der Waals surface area contributed by atoms with Crippen LogP contribution in [0.4, 0.5) is 0 Å². The van der Waals surface area contributed by atoms with Gasteiger partial charge in [0.15, 0.2) is 0 Å². The number of hydrogen-bond donors (Lipinski definition) is 1. The van der Waals surface area contributed by atoms with E-state index in [0.29, 0.717) is 6.61 Å². The largest absolute Gasteiger partial charge is 0.462 e. The minimum atomic E-state index is -0.252. The summed E-state index contributed by atoms with van der Waals surface area (Å²) in [4.78, 5) is 11.2. The Hall–Kier alpha value is -1.61. The standard InChI is InChI=1S/C15H21NO2/c1-13(2)11-15(17)18-10-6-9-16-12-14-7-4-3-5-8-14/h3-5,7-8,11,16H,6,9-10,12H2,1-2H3. The van der Waals surface area contributed by atoms with Crippen molar-refractivity contribution in [1.29, 1.82) is 0 Å². The molecular formula is C15H21NO2. The zero-order valence-corrected chi connectivity index (χ0v) is 11.1. The van der Waals surface area contributed by atoms with Gasteiger partial charge in [-0.2, -0.15) is 0 Å². The van der Waals surface area contributed by atoms with Crippen molar-refractivity contribution in [2.24, 2.45) is 0 Å².